The quantitative estimate of drug-likeness (QED) is 0.660. The van der Waals surface area contributed by atoms with Gasteiger partial charge < -0.3 is 15.2 Å². The molecule has 0 bridgehead atoms. The van der Waals surface area contributed by atoms with Gasteiger partial charge in [-0.2, -0.15) is 0 Å². The maximum absolute atomic E-state index is 12.3. The number of nitrogens with two attached hydrogens (primary N) is 1. The van der Waals surface area contributed by atoms with E-state index in [1.165, 1.54) is 6.07 Å². The van der Waals surface area contributed by atoms with Gasteiger partial charge in [0.2, 0.25) is 13.2 Å². The van der Waals surface area contributed by atoms with Crippen LogP contribution in [0.2, 0.25) is 0 Å². The van der Waals surface area contributed by atoms with Gasteiger partial charge in [-0.3, -0.25) is 10.1 Å². The fourth-order valence-electron chi connectivity index (χ4n) is 1.72. The highest BCUT2D eigenvalue weighted by Gasteiger charge is 2.27. The lowest BCUT2D eigenvalue weighted by molar-refractivity contribution is -0.385. The van der Waals surface area contributed by atoms with E-state index in [2.05, 4.69) is 0 Å². The predicted molar refractivity (Wildman–Crippen MR) is 56.8 cm³/mol. The second-order valence-corrected chi connectivity index (χ2v) is 3.75. The van der Waals surface area contributed by atoms with Crippen LogP contribution in [-0.2, 0) is 0 Å². The molecule has 98 valence electrons. The van der Waals surface area contributed by atoms with Crippen molar-refractivity contribution in [2.45, 2.75) is 18.9 Å². The molecule has 0 aromatic heterocycles. The van der Waals surface area contributed by atoms with Crippen LogP contribution in [0.15, 0.2) is 12.1 Å². The Kier molecular flexibility index (Phi) is 3.28. The molecule has 8 heteroatoms. The first kappa shape index (κ1) is 12.5. The van der Waals surface area contributed by atoms with E-state index in [0.717, 1.165) is 6.07 Å². The lowest BCUT2D eigenvalue weighted by Crippen LogP contribution is -2.15. The summed E-state index contributed by atoms with van der Waals surface area (Å²) in [6.07, 6.45) is -3.29. The number of hydrogen-bond acceptors (Lipinski definition) is 5. The summed E-state index contributed by atoms with van der Waals surface area (Å²) in [5.74, 6) is 0.495. The molecule has 18 heavy (non-hydrogen) atoms. The van der Waals surface area contributed by atoms with Crippen LogP contribution in [0.1, 0.15) is 18.0 Å². The van der Waals surface area contributed by atoms with Crippen molar-refractivity contribution in [2.75, 3.05) is 6.79 Å². The molecular weight excluding hydrogens is 250 g/mol. The van der Waals surface area contributed by atoms with Crippen LogP contribution in [0.5, 0.6) is 11.5 Å². The van der Waals surface area contributed by atoms with Crippen LogP contribution < -0.4 is 15.2 Å². The van der Waals surface area contributed by atoms with Crippen molar-refractivity contribution in [3.8, 4) is 11.5 Å². The molecule has 1 heterocycles. The highest BCUT2D eigenvalue weighted by atomic mass is 19.3. The summed E-state index contributed by atoms with van der Waals surface area (Å²) < 4.78 is 34.6. The normalized spacial score (nSPS) is 14.9. The standard InChI is InChI=1S/C10H10F2N2O4/c11-10(12)2-6(13)5-1-8-9(18-4-17-8)3-7(5)14(15)16/h1,3,6,10H,2,4,13H2/t6-/m0/s1. The first-order chi connectivity index (χ1) is 8.49. The Morgan fingerprint density at radius 2 is 2.00 bits per heavy atom. The average molecular weight is 260 g/mol. The minimum atomic E-state index is -2.63. The van der Waals surface area contributed by atoms with E-state index >= 15 is 0 Å². The van der Waals surface area contributed by atoms with Crippen molar-refractivity contribution in [3.63, 3.8) is 0 Å². The molecule has 1 atom stereocenters. The van der Waals surface area contributed by atoms with Crippen molar-refractivity contribution in [3.05, 3.63) is 27.8 Å². The minimum Gasteiger partial charge on any atom is -0.454 e. The van der Waals surface area contributed by atoms with E-state index in [9.17, 15) is 18.9 Å². The number of halogens is 2. The predicted octanol–water partition coefficient (Wildman–Crippen LogP) is 1.98. The van der Waals surface area contributed by atoms with Gasteiger partial charge in [0.1, 0.15) is 0 Å². The first-order valence-electron chi connectivity index (χ1n) is 5.10. The summed E-state index contributed by atoms with van der Waals surface area (Å²) in [7, 11) is 0. The smallest absolute Gasteiger partial charge is 0.278 e. The van der Waals surface area contributed by atoms with Gasteiger partial charge in [-0.15, -0.1) is 0 Å². The van der Waals surface area contributed by atoms with Crippen molar-refractivity contribution in [1.29, 1.82) is 0 Å². The molecule has 1 aromatic carbocycles. The lowest BCUT2D eigenvalue weighted by atomic mass is 10.0. The van der Waals surface area contributed by atoms with E-state index < -0.39 is 23.8 Å². The van der Waals surface area contributed by atoms with Crippen molar-refractivity contribution in [2.24, 2.45) is 5.73 Å². The van der Waals surface area contributed by atoms with Gasteiger partial charge >= 0.3 is 0 Å². The largest absolute Gasteiger partial charge is 0.454 e. The zero-order valence-electron chi connectivity index (χ0n) is 9.14. The molecule has 0 radical (unpaired) electrons. The fraction of sp³-hybridized carbons (Fsp3) is 0.400. The molecule has 0 spiro atoms. The summed E-state index contributed by atoms with van der Waals surface area (Å²) in [4.78, 5) is 10.2. The molecule has 0 aliphatic carbocycles. The average Bonchev–Trinajstić information content (AvgIpc) is 2.72. The number of hydrogen-bond donors (Lipinski definition) is 1. The summed E-state index contributed by atoms with van der Waals surface area (Å²) in [5.41, 5.74) is 5.23. The molecule has 0 fully saturated rings. The van der Waals surface area contributed by atoms with Gasteiger partial charge in [0.15, 0.2) is 11.5 Å². The zero-order valence-corrected chi connectivity index (χ0v) is 9.14. The first-order valence-corrected chi connectivity index (χ1v) is 5.10. The van der Waals surface area contributed by atoms with Crippen LogP contribution in [-0.4, -0.2) is 18.1 Å². The van der Waals surface area contributed by atoms with E-state index in [4.69, 9.17) is 15.2 Å². The van der Waals surface area contributed by atoms with Gasteiger partial charge in [0, 0.05) is 12.5 Å². The number of benzene rings is 1. The Balaban J connectivity index is 2.41. The number of alkyl halides is 2. The van der Waals surface area contributed by atoms with Gasteiger partial charge in [-0.1, -0.05) is 0 Å². The summed E-state index contributed by atoms with van der Waals surface area (Å²) in [6.45, 7) is -0.0555. The van der Waals surface area contributed by atoms with Gasteiger partial charge in [0.25, 0.3) is 5.69 Å². The molecule has 0 saturated heterocycles. The van der Waals surface area contributed by atoms with Crippen molar-refractivity contribution >= 4 is 5.69 Å². The SMILES string of the molecule is N[C@@H](CC(F)F)c1cc2c(cc1[N+](=O)[O-])OCO2. The van der Waals surface area contributed by atoms with Crippen LogP contribution in [0.3, 0.4) is 0 Å². The van der Waals surface area contributed by atoms with Gasteiger partial charge in [0.05, 0.1) is 16.6 Å². The summed E-state index contributed by atoms with van der Waals surface area (Å²) in [5, 5.41) is 10.9. The third-order valence-corrected chi connectivity index (χ3v) is 2.55. The Labute approximate surface area is 100 Å². The zero-order chi connectivity index (χ0) is 13.3. The van der Waals surface area contributed by atoms with E-state index in [1.807, 2.05) is 0 Å². The van der Waals surface area contributed by atoms with Crippen LogP contribution in [0.25, 0.3) is 0 Å². The highest BCUT2D eigenvalue weighted by Crippen LogP contribution is 2.40. The summed E-state index contributed by atoms with van der Waals surface area (Å²) in [6, 6.07) is 1.30. The Morgan fingerprint density at radius 1 is 1.39 bits per heavy atom. The molecule has 1 aliphatic heterocycles. The number of nitro groups is 1. The lowest BCUT2D eigenvalue weighted by Gasteiger charge is -2.12. The van der Waals surface area contributed by atoms with Crippen LogP contribution in [0.4, 0.5) is 14.5 Å². The topological polar surface area (TPSA) is 87.6 Å². The Bertz CT molecular complexity index is 481. The molecule has 0 saturated carbocycles. The molecule has 1 aliphatic rings. The molecule has 2 N–H and O–H groups in total. The second-order valence-electron chi connectivity index (χ2n) is 3.75. The molecule has 0 amide bonds. The van der Waals surface area contributed by atoms with Crippen molar-refractivity contribution in [1.82, 2.24) is 0 Å². The Morgan fingerprint density at radius 3 is 2.56 bits per heavy atom. The molecule has 6 nitrogen and oxygen atoms in total. The third kappa shape index (κ3) is 2.33. The van der Waals surface area contributed by atoms with Gasteiger partial charge in [-0.25, -0.2) is 8.78 Å². The maximum Gasteiger partial charge on any atom is 0.278 e. The number of nitrogens with zero attached hydrogens (tertiary/aromatic N) is 1. The van der Waals surface area contributed by atoms with E-state index in [1.54, 1.807) is 0 Å². The molecular formula is C10H10F2N2O4. The van der Waals surface area contributed by atoms with Crippen LogP contribution >= 0.6 is 0 Å². The number of nitro benzene ring substituents is 1. The number of ether oxygens (including phenoxy) is 2. The maximum atomic E-state index is 12.3. The fourth-order valence-corrected chi connectivity index (χ4v) is 1.72. The van der Waals surface area contributed by atoms with Crippen LogP contribution in [0, 0.1) is 10.1 Å². The monoisotopic (exact) mass is 260 g/mol. The third-order valence-electron chi connectivity index (χ3n) is 2.55. The van der Waals surface area contributed by atoms with Gasteiger partial charge in [-0.05, 0) is 6.07 Å². The number of rotatable bonds is 4. The second kappa shape index (κ2) is 4.73. The van der Waals surface area contributed by atoms with Crippen molar-refractivity contribution < 1.29 is 23.2 Å². The Hall–Kier alpha value is -1.96. The molecule has 2 rings (SSSR count). The van der Waals surface area contributed by atoms with E-state index in [0.29, 0.717) is 0 Å². The highest BCUT2D eigenvalue weighted by molar-refractivity contribution is 5.56. The van der Waals surface area contributed by atoms with E-state index in [-0.39, 0.29) is 29.5 Å². The number of fused-ring (bicyclic) bond motifs is 1. The minimum absolute atomic E-state index is 0.0181. The summed E-state index contributed by atoms with van der Waals surface area (Å²) >= 11 is 0. The molecule has 0 unspecified atom stereocenters. The molecule has 1 aromatic rings.